The van der Waals surface area contributed by atoms with E-state index in [9.17, 15) is 0 Å². The van der Waals surface area contributed by atoms with Crippen molar-refractivity contribution >= 4 is 0 Å². The summed E-state index contributed by atoms with van der Waals surface area (Å²) < 4.78 is 5.14. The van der Waals surface area contributed by atoms with Gasteiger partial charge < -0.3 is 15.2 Å². The quantitative estimate of drug-likeness (QED) is 0.652. The lowest BCUT2D eigenvalue weighted by atomic mass is 10.1. The minimum Gasteiger partial charge on any atom is -0.394 e. The Morgan fingerprint density at radius 1 is 1.40 bits per heavy atom. The maximum atomic E-state index is 8.50. The monoisotopic (exact) mass is 210 g/mol. The summed E-state index contributed by atoms with van der Waals surface area (Å²) >= 11 is 0. The number of aliphatic hydroxyl groups excluding tert-OH is 1. The van der Waals surface area contributed by atoms with Crippen molar-refractivity contribution in [2.45, 2.75) is 13.0 Å². The highest BCUT2D eigenvalue weighted by Crippen LogP contribution is 2.09. The van der Waals surface area contributed by atoms with Gasteiger partial charge in [-0.05, 0) is 24.6 Å². The molecule has 0 spiro atoms. The van der Waals surface area contributed by atoms with Crippen molar-refractivity contribution < 1.29 is 9.84 Å². The molecular weight excluding hydrogens is 192 g/mol. The van der Waals surface area contributed by atoms with E-state index in [0.717, 1.165) is 6.54 Å². The van der Waals surface area contributed by atoms with E-state index in [1.807, 2.05) is 12.1 Å². The molecule has 1 rings (SSSR count). The number of nitrogens with one attached hydrogen (secondary N) is 1. The Morgan fingerprint density at radius 3 is 2.80 bits per heavy atom. The third-order valence-corrected chi connectivity index (χ3v) is 2.14. The predicted octanol–water partition coefficient (Wildman–Crippen LogP) is 0.741. The molecule has 0 radical (unpaired) electrons. The van der Waals surface area contributed by atoms with Crippen LogP contribution in [0, 0.1) is 0 Å². The highest BCUT2D eigenvalue weighted by atomic mass is 16.5. The van der Waals surface area contributed by atoms with Gasteiger partial charge in [-0.2, -0.15) is 0 Å². The number of aliphatic hydroxyl groups is 1. The first-order valence-electron chi connectivity index (χ1n) is 5.16. The maximum Gasteiger partial charge on any atom is 0.0698 e. The van der Waals surface area contributed by atoms with Gasteiger partial charge in [-0.1, -0.05) is 0 Å². The first-order valence-corrected chi connectivity index (χ1v) is 5.16. The summed E-state index contributed by atoms with van der Waals surface area (Å²) in [6.45, 7) is 3.99. The molecule has 4 nitrogen and oxygen atoms in total. The third-order valence-electron chi connectivity index (χ3n) is 2.14. The Kier molecular flexibility index (Phi) is 5.92. The van der Waals surface area contributed by atoms with Gasteiger partial charge in [0, 0.05) is 25.0 Å². The molecule has 1 aromatic heterocycles. The molecule has 1 atom stereocenters. The van der Waals surface area contributed by atoms with Gasteiger partial charge in [-0.15, -0.1) is 0 Å². The minimum atomic E-state index is 0.0832. The lowest BCUT2D eigenvalue weighted by molar-refractivity contribution is 0.0928. The lowest BCUT2D eigenvalue weighted by Gasteiger charge is -2.13. The summed E-state index contributed by atoms with van der Waals surface area (Å²) in [6.07, 6.45) is 3.57. The molecule has 1 heterocycles. The van der Waals surface area contributed by atoms with Crippen LogP contribution in [0.25, 0.3) is 0 Å². The van der Waals surface area contributed by atoms with E-state index >= 15 is 0 Å². The van der Waals surface area contributed by atoms with Gasteiger partial charge in [0.25, 0.3) is 0 Å². The molecule has 0 saturated heterocycles. The molecule has 0 aliphatic carbocycles. The SMILES string of the molecule is C[C@@H](NCCOCCO)c1ccncc1. The van der Waals surface area contributed by atoms with E-state index in [0.29, 0.717) is 19.3 Å². The molecule has 1 aromatic rings. The Balaban J connectivity index is 2.16. The molecule has 4 heteroatoms. The summed E-state index contributed by atoms with van der Waals surface area (Å²) in [6, 6.07) is 4.28. The largest absolute Gasteiger partial charge is 0.394 e. The molecule has 0 aliphatic heterocycles. The van der Waals surface area contributed by atoms with Crippen molar-refractivity contribution in [1.29, 1.82) is 0 Å². The van der Waals surface area contributed by atoms with Crippen LogP contribution in [-0.2, 0) is 4.74 Å². The van der Waals surface area contributed by atoms with Crippen molar-refractivity contribution in [2.24, 2.45) is 0 Å². The predicted molar refractivity (Wildman–Crippen MR) is 58.6 cm³/mol. The Morgan fingerprint density at radius 2 is 2.13 bits per heavy atom. The molecule has 0 bridgehead atoms. The maximum absolute atomic E-state index is 8.50. The van der Waals surface area contributed by atoms with E-state index in [1.54, 1.807) is 12.4 Å². The Bertz CT molecular complexity index is 254. The van der Waals surface area contributed by atoms with E-state index in [-0.39, 0.29) is 6.61 Å². The normalized spacial score (nSPS) is 12.7. The topological polar surface area (TPSA) is 54.4 Å². The number of pyridine rings is 1. The van der Waals surface area contributed by atoms with Crippen LogP contribution in [0.1, 0.15) is 18.5 Å². The Labute approximate surface area is 90.3 Å². The van der Waals surface area contributed by atoms with Crippen LogP contribution < -0.4 is 5.32 Å². The van der Waals surface area contributed by atoms with Gasteiger partial charge in [0.1, 0.15) is 0 Å². The van der Waals surface area contributed by atoms with Crippen LogP contribution >= 0.6 is 0 Å². The van der Waals surface area contributed by atoms with Crippen LogP contribution in [0.5, 0.6) is 0 Å². The summed E-state index contributed by atoms with van der Waals surface area (Å²) in [5, 5.41) is 11.8. The molecule has 84 valence electrons. The van der Waals surface area contributed by atoms with Gasteiger partial charge in [0.2, 0.25) is 0 Å². The molecule has 0 aromatic carbocycles. The van der Waals surface area contributed by atoms with Crippen molar-refractivity contribution in [3.05, 3.63) is 30.1 Å². The van der Waals surface area contributed by atoms with Crippen molar-refractivity contribution in [3.8, 4) is 0 Å². The molecule has 15 heavy (non-hydrogen) atoms. The highest BCUT2D eigenvalue weighted by molar-refractivity contribution is 5.13. The van der Waals surface area contributed by atoms with E-state index in [2.05, 4.69) is 17.2 Å². The third kappa shape index (κ3) is 4.88. The van der Waals surface area contributed by atoms with Gasteiger partial charge in [-0.25, -0.2) is 0 Å². The first kappa shape index (κ1) is 12.1. The molecule has 2 N–H and O–H groups in total. The van der Waals surface area contributed by atoms with Gasteiger partial charge in [-0.3, -0.25) is 4.98 Å². The minimum absolute atomic E-state index is 0.0832. The first-order chi connectivity index (χ1) is 7.34. The second kappa shape index (κ2) is 7.34. The average Bonchev–Trinajstić information content (AvgIpc) is 2.30. The standard InChI is InChI=1S/C11H18N2O2/c1-10(11-2-4-12-5-3-11)13-6-8-15-9-7-14/h2-5,10,13-14H,6-9H2,1H3/t10-/m1/s1. The van der Waals surface area contributed by atoms with Gasteiger partial charge in [0.05, 0.1) is 19.8 Å². The molecule has 0 amide bonds. The fourth-order valence-electron chi connectivity index (χ4n) is 1.28. The van der Waals surface area contributed by atoms with E-state index in [4.69, 9.17) is 9.84 Å². The van der Waals surface area contributed by atoms with Gasteiger partial charge in [0.15, 0.2) is 0 Å². The molecule has 0 fully saturated rings. The van der Waals surface area contributed by atoms with Crippen molar-refractivity contribution in [3.63, 3.8) is 0 Å². The number of rotatable bonds is 7. The number of aromatic nitrogens is 1. The fourth-order valence-corrected chi connectivity index (χ4v) is 1.28. The number of hydrogen-bond acceptors (Lipinski definition) is 4. The van der Waals surface area contributed by atoms with Crippen LogP contribution in [-0.4, -0.2) is 36.5 Å². The zero-order valence-corrected chi connectivity index (χ0v) is 9.02. The van der Waals surface area contributed by atoms with Crippen LogP contribution in [0.3, 0.4) is 0 Å². The summed E-state index contributed by atoms with van der Waals surface area (Å²) in [4.78, 5) is 3.97. The van der Waals surface area contributed by atoms with Crippen LogP contribution in [0.4, 0.5) is 0 Å². The van der Waals surface area contributed by atoms with Crippen LogP contribution in [0.2, 0.25) is 0 Å². The second-order valence-corrected chi connectivity index (χ2v) is 3.29. The van der Waals surface area contributed by atoms with Crippen molar-refractivity contribution in [2.75, 3.05) is 26.4 Å². The molecule has 0 saturated carbocycles. The van der Waals surface area contributed by atoms with Gasteiger partial charge >= 0.3 is 0 Å². The fraction of sp³-hybridized carbons (Fsp3) is 0.545. The second-order valence-electron chi connectivity index (χ2n) is 3.29. The molecular formula is C11H18N2O2. The number of hydrogen-bond donors (Lipinski definition) is 2. The zero-order chi connectivity index (χ0) is 10.9. The average molecular weight is 210 g/mol. The van der Waals surface area contributed by atoms with E-state index < -0.39 is 0 Å². The summed E-state index contributed by atoms with van der Waals surface area (Å²) in [5.74, 6) is 0. The Hall–Kier alpha value is -0.970. The summed E-state index contributed by atoms with van der Waals surface area (Å²) in [5.41, 5.74) is 1.21. The zero-order valence-electron chi connectivity index (χ0n) is 9.02. The number of ether oxygens (including phenoxy) is 1. The van der Waals surface area contributed by atoms with E-state index in [1.165, 1.54) is 5.56 Å². The summed E-state index contributed by atoms with van der Waals surface area (Å²) in [7, 11) is 0. The molecule has 0 unspecified atom stereocenters. The lowest BCUT2D eigenvalue weighted by Crippen LogP contribution is -2.23. The molecule has 0 aliphatic rings. The highest BCUT2D eigenvalue weighted by Gasteiger charge is 2.02. The van der Waals surface area contributed by atoms with Crippen molar-refractivity contribution in [1.82, 2.24) is 10.3 Å². The number of nitrogens with zero attached hydrogens (tertiary/aromatic N) is 1. The van der Waals surface area contributed by atoms with Crippen LogP contribution in [0.15, 0.2) is 24.5 Å². The smallest absolute Gasteiger partial charge is 0.0698 e.